The number of hydrogen-bond acceptors (Lipinski definition) is 5. The summed E-state index contributed by atoms with van der Waals surface area (Å²) < 4.78 is 5.09. The number of amides is 1. The molecule has 2 aromatic rings. The van der Waals surface area contributed by atoms with Gasteiger partial charge in [0.2, 0.25) is 0 Å². The lowest BCUT2D eigenvalue weighted by Crippen LogP contribution is -2.26. The fourth-order valence-electron chi connectivity index (χ4n) is 2.27. The van der Waals surface area contributed by atoms with Crippen molar-refractivity contribution in [2.75, 3.05) is 13.7 Å². The van der Waals surface area contributed by atoms with Crippen LogP contribution in [0.15, 0.2) is 60.2 Å². The first kappa shape index (κ1) is 27.3. The summed E-state index contributed by atoms with van der Waals surface area (Å²) in [5.74, 6) is -0.134. The predicted molar refractivity (Wildman–Crippen MR) is 125 cm³/mol. The number of phenols is 2. The molecule has 2 aromatic carbocycles. The highest BCUT2D eigenvalue weighted by atomic mass is 16.5. The van der Waals surface area contributed by atoms with Gasteiger partial charge in [0.05, 0.1) is 7.11 Å². The van der Waals surface area contributed by atoms with E-state index in [-0.39, 0.29) is 17.1 Å². The van der Waals surface area contributed by atoms with Crippen molar-refractivity contribution in [3.05, 3.63) is 71.3 Å². The summed E-state index contributed by atoms with van der Waals surface area (Å²) in [5, 5.41) is 30.6. The lowest BCUT2D eigenvalue weighted by molar-refractivity contribution is -0.117. The number of benzene rings is 2. The van der Waals surface area contributed by atoms with Gasteiger partial charge in [-0.25, -0.2) is 0 Å². The maximum atomic E-state index is 12.1. The number of rotatable bonds is 7. The van der Waals surface area contributed by atoms with E-state index in [0.29, 0.717) is 18.5 Å². The number of allylic oxidation sites excluding steroid dienone is 2. The van der Waals surface area contributed by atoms with Crippen molar-refractivity contribution in [3.8, 4) is 23.3 Å². The van der Waals surface area contributed by atoms with Gasteiger partial charge in [-0.3, -0.25) is 4.79 Å². The third-order valence-electron chi connectivity index (χ3n) is 3.77. The molecule has 6 nitrogen and oxygen atoms in total. The van der Waals surface area contributed by atoms with Gasteiger partial charge in [-0.2, -0.15) is 5.26 Å². The van der Waals surface area contributed by atoms with Crippen LogP contribution in [-0.2, 0) is 11.2 Å². The molecule has 31 heavy (non-hydrogen) atoms. The average molecular weight is 425 g/mol. The first-order valence-corrected chi connectivity index (χ1v) is 10.2. The molecule has 0 unspecified atom stereocenters. The van der Waals surface area contributed by atoms with E-state index in [1.807, 2.05) is 58.0 Å². The van der Waals surface area contributed by atoms with Crippen molar-refractivity contribution in [1.82, 2.24) is 5.32 Å². The molecule has 6 heteroatoms. The molecule has 0 aromatic heterocycles. The third-order valence-corrected chi connectivity index (χ3v) is 3.77. The van der Waals surface area contributed by atoms with Crippen LogP contribution in [0.1, 0.15) is 38.8 Å². The van der Waals surface area contributed by atoms with Crippen LogP contribution in [-0.4, -0.2) is 29.8 Å². The normalized spacial score (nSPS) is 10.1. The Morgan fingerprint density at radius 1 is 1.06 bits per heavy atom. The number of carbonyl (C=O) groups is 1. The Morgan fingerprint density at radius 2 is 1.71 bits per heavy atom. The van der Waals surface area contributed by atoms with Crippen molar-refractivity contribution in [3.63, 3.8) is 0 Å². The highest BCUT2D eigenvalue weighted by molar-refractivity contribution is 5.97. The van der Waals surface area contributed by atoms with Gasteiger partial charge in [-0.05, 0) is 47.9 Å². The molecule has 0 aliphatic rings. The van der Waals surface area contributed by atoms with E-state index in [9.17, 15) is 15.0 Å². The van der Waals surface area contributed by atoms with E-state index >= 15 is 0 Å². The highest BCUT2D eigenvalue weighted by Crippen LogP contribution is 2.25. The number of aromatic hydroxyl groups is 2. The minimum atomic E-state index is -0.454. The molecule has 0 saturated carbocycles. The van der Waals surface area contributed by atoms with E-state index in [1.165, 1.54) is 24.3 Å². The van der Waals surface area contributed by atoms with Crippen molar-refractivity contribution >= 4 is 12.0 Å². The molecule has 166 valence electrons. The second-order valence-corrected chi connectivity index (χ2v) is 5.65. The zero-order chi connectivity index (χ0) is 23.6. The molecular weight excluding hydrogens is 392 g/mol. The van der Waals surface area contributed by atoms with E-state index in [1.54, 1.807) is 19.3 Å². The SMILES string of the molecule is CC.CC.COc1ccc(CCNC(=O)/C(C#N)=C/C=C/c2ccc(O)c(O)c2)cc1. The minimum absolute atomic E-state index is 0.0241. The number of nitrogens with zero attached hydrogens (tertiary/aromatic N) is 1. The molecular formula is C25H32N2O4. The molecule has 2 rings (SSSR count). The molecule has 0 radical (unpaired) electrons. The van der Waals surface area contributed by atoms with Crippen LogP contribution in [0.2, 0.25) is 0 Å². The fourth-order valence-corrected chi connectivity index (χ4v) is 2.27. The van der Waals surface area contributed by atoms with E-state index < -0.39 is 5.91 Å². The predicted octanol–water partition coefficient (Wildman–Crippen LogP) is 4.98. The van der Waals surface area contributed by atoms with Gasteiger partial charge in [0.15, 0.2) is 11.5 Å². The Labute approximate surface area is 185 Å². The van der Waals surface area contributed by atoms with Crippen LogP contribution in [0, 0.1) is 11.3 Å². The van der Waals surface area contributed by atoms with Gasteiger partial charge in [0.1, 0.15) is 17.4 Å². The van der Waals surface area contributed by atoms with Crippen molar-refractivity contribution in [2.45, 2.75) is 34.1 Å². The molecule has 3 N–H and O–H groups in total. The minimum Gasteiger partial charge on any atom is -0.504 e. The van der Waals surface area contributed by atoms with Crippen LogP contribution in [0.25, 0.3) is 6.08 Å². The molecule has 0 aliphatic carbocycles. The lowest BCUT2D eigenvalue weighted by Gasteiger charge is -2.05. The standard InChI is InChI=1S/C21H20N2O4.2C2H6/c1-27-18-8-5-15(6-9-18)11-12-23-21(26)17(14-22)4-2-3-16-7-10-19(24)20(25)13-16;2*1-2/h2-10,13,24-25H,11-12H2,1H3,(H,23,26);2*1-2H3/b3-2+,17-4+;;. The van der Waals surface area contributed by atoms with Gasteiger partial charge in [0, 0.05) is 6.54 Å². The van der Waals surface area contributed by atoms with Gasteiger partial charge in [0.25, 0.3) is 5.91 Å². The second kappa shape index (κ2) is 16.1. The summed E-state index contributed by atoms with van der Waals surface area (Å²) in [4.78, 5) is 12.1. The molecule has 0 heterocycles. The zero-order valence-electron chi connectivity index (χ0n) is 18.8. The molecule has 0 atom stereocenters. The monoisotopic (exact) mass is 424 g/mol. The van der Waals surface area contributed by atoms with Crippen molar-refractivity contribution in [1.29, 1.82) is 5.26 Å². The molecule has 1 amide bonds. The van der Waals surface area contributed by atoms with Crippen molar-refractivity contribution < 1.29 is 19.7 Å². The van der Waals surface area contributed by atoms with Crippen LogP contribution < -0.4 is 10.1 Å². The molecule has 0 spiro atoms. The number of nitrogens with one attached hydrogen (secondary N) is 1. The smallest absolute Gasteiger partial charge is 0.261 e. The van der Waals surface area contributed by atoms with Gasteiger partial charge >= 0.3 is 0 Å². The third kappa shape index (κ3) is 10.0. The van der Waals surface area contributed by atoms with Crippen LogP contribution in [0.3, 0.4) is 0 Å². The first-order valence-electron chi connectivity index (χ1n) is 10.2. The number of nitriles is 1. The molecule has 0 aliphatic heterocycles. The lowest BCUT2D eigenvalue weighted by atomic mass is 10.1. The van der Waals surface area contributed by atoms with Gasteiger partial charge < -0.3 is 20.3 Å². The number of phenolic OH excluding ortho intramolecular Hbond substituents is 2. The summed E-state index contributed by atoms with van der Waals surface area (Å²) in [5.41, 5.74) is 1.65. The Morgan fingerprint density at radius 3 is 2.26 bits per heavy atom. The second-order valence-electron chi connectivity index (χ2n) is 5.65. The first-order chi connectivity index (χ1) is 15.0. The summed E-state index contributed by atoms with van der Waals surface area (Å²) in [6, 6.07) is 13.7. The van der Waals surface area contributed by atoms with Crippen LogP contribution >= 0.6 is 0 Å². The molecule has 0 bridgehead atoms. The quantitative estimate of drug-likeness (QED) is 0.252. The Balaban J connectivity index is 0.00000212. The van der Waals surface area contributed by atoms with Crippen LogP contribution in [0.4, 0.5) is 0 Å². The van der Waals surface area contributed by atoms with Gasteiger partial charge in [-0.15, -0.1) is 0 Å². The summed E-state index contributed by atoms with van der Waals surface area (Å²) in [6.45, 7) is 8.40. The largest absolute Gasteiger partial charge is 0.504 e. The number of methoxy groups -OCH3 is 1. The number of hydrogen-bond donors (Lipinski definition) is 3. The van der Waals surface area contributed by atoms with E-state index in [4.69, 9.17) is 10.00 Å². The topological polar surface area (TPSA) is 103 Å². The van der Waals surface area contributed by atoms with Gasteiger partial charge in [-0.1, -0.05) is 58.0 Å². The summed E-state index contributed by atoms with van der Waals surface area (Å²) in [6.07, 6.45) is 5.18. The number of ether oxygens (including phenoxy) is 1. The molecule has 0 saturated heterocycles. The Hall–Kier alpha value is -3.72. The summed E-state index contributed by atoms with van der Waals surface area (Å²) >= 11 is 0. The average Bonchev–Trinajstić information content (AvgIpc) is 2.82. The van der Waals surface area contributed by atoms with Crippen molar-refractivity contribution in [2.24, 2.45) is 0 Å². The van der Waals surface area contributed by atoms with E-state index in [0.717, 1.165) is 11.3 Å². The number of carbonyl (C=O) groups excluding carboxylic acids is 1. The van der Waals surface area contributed by atoms with E-state index in [2.05, 4.69) is 5.32 Å². The summed E-state index contributed by atoms with van der Waals surface area (Å²) in [7, 11) is 1.60. The zero-order valence-corrected chi connectivity index (χ0v) is 18.8. The van der Waals surface area contributed by atoms with Crippen LogP contribution in [0.5, 0.6) is 17.2 Å². The Kier molecular flexibility index (Phi) is 14.2. The molecule has 0 fully saturated rings. The fraction of sp³-hybridized carbons (Fsp3) is 0.280. The highest BCUT2D eigenvalue weighted by Gasteiger charge is 2.07. The maximum Gasteiger partial charge on any atom is 0.261 e. The Bertz CT molecular complexity index is 895. The maximum absolute atomic E-state index is 12.1.